The maximum absolute atomic E-state index is 12.9. The molecule has 0 spiro atoms. The predicted molar refractivity (Wildman–Crippen MR) is 108 cm³/mol. The summed E-state index contributed by atoms with van der Waals surface area (Å²) in [7, 11) is 0. The zero-order chi connectivity index (χ0) is 17.8. The van der Waals surface area contributed by atoms with Gasteiger partial charge in [0.05, 0.1) is 6.61 Å². The predicted octanol–water partition coefficient (Wildman–Crippen LogP) is 3.39. The first-order chi connectivity index (χ1) is 12.8. The molecular weight excluding hydrogens is 367 g/mol. The number of fused-ring (bicyclic) bond motifs is 1. The third kappa shape index (κ3) is 5.12. The minimum absolute atomic E-state index is 0. The topological polar surface area (TPSA) is 24.9 Å². The Morgan fingerprint density at radius 3 is 2.70 bits per heavy atom. The van der Waals surface area contributed by atoms with E-state index in [-0.39, 0.29) is 24.3 Å². The van der Waals surface area contributed by atoms with E-state index in [1.165, 1.54) is 23.4 Å². The molecule has 0 radical (unpaired) electrons. The molecule has 2 heterocycles. The summed E-state index contributed by atoms with van der Waals surface area (Å²) in [5, 5.41) is 0. The third-order valence-electron chi connectivity index (χ3n) is 5.14. The van der Waals surface area contributed by atoms with Crippen molar-refractivity contribution in [2.45, 2.75) is 12.5 Å². The summed E-state index contributed by atoms with van der Waals surface area (Å²) in [5.41, 5.74) is 2.84. The van der Waals surface area contributed by atoms with Crippen LogP contribution in [0.3, 0.4) is 0 Å². The molecule has 2 aromatic rings. The van der Waals surface area contributed by atoms with Gasteiger partial charge in [-0.2, -0.15) is 0 Å². The second-order valence-corrected chi connectivity index (χ2v) is 6.92. The zero-order valence-corrected chi connectivity index (χ0v) is 16.2. The summed E-state index contributed by atoms with van der Waals surface area (Å²) in [4.78, 5) is 4.93. The van der Waals surface area contributed by atoms with E-state index in [0.717, 1.165) is 45.8 Å². The van der Waals surface area contributed by atoms with Gasteiger partial charge in [-0.3, -0.25) is 4.90 Å². The monoisotopic (exact) mass is 392 g/mol. The van der Waals surface area contributed by atoms with Gasteiger partial charge in [0.1, 0.15) is 24.3 Å². The maximum Gasteiger partial charge on any atom is 0.123 e. The summed E-state index contributed by atoms with van der Waals surface area (Å²) < 4.78 is 24.5. The number of hydrogen-bond acceptors (Lipinski definition) is 4. The number of benzene rings is 2. The molecule has 2 aliphatic heterocycles. The molecule has 27 heavy (non-hydrogen) atoms. The molecule has 1 unspecified atom stereocenters. The number of nitrogens with zero attached hydrogens (tertiary/aromatic N) is 2. The zero-order valence-electron chi connectivity index (χ0n) is 15.4. The summed E-state index contributed by atoms with van der Waals surface area (Å²) >= 11 is 0. The molecule has 2 aliphatic rings. The second kappa shape index (κ2) is 9.40. The Labute approximate surface area is 166 Å². The maximum atomic E-state index is 12.9. The summed E-state index contributed by atoms with van der Waals surface area (Å²) in [6.45, 7) is 6.25. The number of anilines is 1. The van der Waals surface area contributed by atoms with E-state index in [1.54, 1.807) is 12.1 Å². The highest BCUT2D eigenvalue weighted by atomic mass is 35.5. The Bertz CT molecular complexity index is 728. The van der Waals surface area contributed by atoms with Crippen molar-refractivity contribution in [1.82, 2.24) is 4.90 Å². The average molecular weight is 393 g/mol. The molecule has 1 atom stereocenters. The molecule has 4 nitrogen and oxygen atoms in total. The van der Waals surface area contributed by atoms with Crippen molar-refractivity contribution >= 4 is 18.1 Å². The minimum Gasteiger partial charge on any atom is -0.491 e. The molecule has 1 fully saturated rings. The number of para-hydroxylation sites is 1. The molecular formula is C21H26ClFN2O2. The highest BCUT2D eigenvalue weighted by Gasteiger charge is 2.23. The van der Waals surface area contributed by atoms with Crippen LogP contribution in [0.4, 0.5) is 10.1 Å². The Kier molecular flexibility index (Phi) is 6.94. The fourth-order valence-corrected chi connectivity index (χ4v) is 3.71. The van der Waals surface area contributed by atoms with Crippen molar-refractivity contribution in [2.75, 3.05) is 50.8 Å². The van der Waals surface area contributed by atoms with Gasteiger partial charge in [-0.15, -0.1) is 12.4 Å². The van der Waals surface area contributed by atoms with Crippen LogP contribution in [0.15, 0.2) is 48.5 Å². The first-order valence-corrected chi connectivity index (χ1v) is 9.33. The number of halogens is 2. The van der Waals surface area contributed by atoms with Gasteiger partial charge in [-0.1, -0.05) is 18.2 Å². The van der Waals surface area contributed by atoms with Crippen molar-refractivity contribution in [2.24, 2.45) is 0 Å². The molecule has 0 saturated carbocycles. The molecule has 0 aliphatic carbocycles. The average Bonchev–Trinajstić information content (AvgIpc) is 3.09. The van der Waals surface area contributed by atoms with Crippen LogP contribution in [0.1, 0.15) is 5.56 Å². The molecule has 0 N–H and O–H groups in total. The molecule has 1 saturated heterocycles. The molecule has 0 aromatic heterocycles. The van der Waals surface area contributed by atoms with E-state index in [4.69, 9.17) is 9.47 Å². The van der Waals surface area contributed by atoms with E-state index in [0.29, 0.717) is 12.4 Å². The molecule has 2 aromatic carbocycles. The summed E-state index contributed by atoms with van der Waals surface area (Å²) in [6.07, 6.45) is 1.20. The Morgan fingerprint density at radius 2 is 1.85 bits per heavy atom. The van der Waals surface area contributed by atoms with Gasteiger partial charge in [0.2, 0.25) is 0 Å². The quantitative estimate of drug-likeness (QED) is 0.752. The van der Waals surface area contributed by atoms with Gasteiger partial charge in [-0.25, -0.2) is 4.39 Å². The van der Waals surface area contributed by atoms with Crippen LogP contribution in [0.2, 0.25) is 0 Å². The lowest BCUT2D eigenvalue weighted by molar-refractivity contribution is -0.0470. The Balaban J connectivity index is 0.00000210. The minimum atomic E-state index is -0.249. The number of rotatable bonds is 6. The van der Waals surface area contributed by atoms with Crippen molar-refractivity contribution in [3.63, 3.8) is 0 Å². The van der Waals surface area contributed by atoms with Gasteiger partial charge < -0.3 is 14.4 Å². The first-order valence-electron chi connectivity index (χ1n) is 9.33. The molecule has 146 valence electrons. The van der Waals surface area contributed by atoms with E-state index in [1.807, 2.05) is 0 Å². The standard InChI is InChI=1S/C21H25FN2O2.ClH/c22-18-5-7-19(8-6-18)26-16-20-15-23(13-14-25-20)11-12-24-10-9-17-3-1-2-4-21(17)24;/h1-8,20H,9-16H2;1H. The number of hydrogen-bond donors (Lipinski definition) is 0. The van der Waals surface area contributed by atoms with Crippen LogP contribution in [0, 0.1) is 5.82 Å². The van der Waals surface area contributed by atoms with Crippen LogP contribution in [0.25, 0.3) is 0 Å². The number of morpholine rings is 1. The van der Waals surface area contributed by atoms with Crippen LogP contribution < -0.4 is 9.64 Å². The van der Waals surface area contributed by atoms with E-state index in [2.05, 4.69) is 34.1 Å². The van der Waals surface area contributed by atoms with E-state index < -0.39 is 0 Å². The van der Waals surface area contributed by atoms with Crippen LogP contribution in [-0.4, -0.2) is 56.9 Å². The van der Waals surface area contributed by atoms with Crippen LogP contribution in [0.5, 0.6) is 5.75 Å². The molecule has 6 heteroatoms. The van der Waals surface area contributed by atoms with Crippen LogP contribution in [-0.2, 0) is 11.2 Å². The highest BCUT2D eigenvalue weighted by Crippen LogP contribution is 2.27. The lowest BCUT2D eigenvalue weighted by Gasteiger charge is -2.34. The van der Waals surface area contributed by atoms with Crippen molar-refractivity contribution in [3.05, 3.63) is 59.9 Å². The fraction of sp³-hybridized carbons (Fsp3) is 0.429. The lowest BCUT2D eigenvalue weighted by Crippen LogP contribution is -2.47. The number of ether oxygens (including phenoxy) is 2. The van der Waals surface area contributed by atoms with E-state index in [9.17, 15) is 4.39 Å². The largest absolute Gasteiger partial charge is 0.491 e. The Hall–Kier alpha value is -1.82. The fourth-order valence-electron chi connectivity index (χ4n) is 3.71. The van der Waals surface area contributed by atoms with Crippen molar-refractivity contribution in [3.8, 4) is 5.75 Å². The van der Waals surface area contributed by atoms with Crippen molar-refractivity contribution < 1.29 is 13.9 Å². The van der Waals surface area contributed by atoms with E-state index >= 15 is 0 Å². The SMILES string of the molecule is Cl.Fc1ccc(OCC2CN(CCN3CCc4ccccc43)CCO2)cc1. The third-order valence-corrected chi connectivity index (χ3v) is 5.14. The van der Waals surface area contributed by atoms with Gasteiger partial charge in [0, 0.05) is 38.4 Å². The molecule has 4 rings (SSSR count). The van der Waals surface area contributed by atoms with Gasteiger partial charge in [0.15, 0.2) is 0 Å². The highest BCUT2D eigenvalue weighted by molar-refractivity contribution is 5.85. The lowest BCUT2D eigenvalue weighted by atomic mass is 10.2. The van der Waals surface area contributed by atoms with Gasteiger partial charge in [0.25, 0.3) is 0 Å². The van der Waals surface area contributed by atoms with Crippen molar-refractivity contribution in [1.29, 1.82) is 0 Å². The smallest absolute Gasteiger partial charge is 0.123 e. The second-order valence-electron chi connectivity index (χ2n) is 6.92. The van der Waals surface area contributed by atoms with Crippen LogP contribution >= 0.6 is 12.4 Å². The Morgan fingerprint density at radius 1 is 1.04 bits per heavy atom. The van der Waals surface area contributed by atoms with Gasteiger partial charge >= 0.3 is 0 Å². The molecule has 0 bridgehead atoms. The summed E-state index contributed by atoms with van der Waals surface area (Å²) in [6, 6.07) is 14.8. The molecule has 0 amide bonds. The summed E-state index contributed by atoms with van der Waals surface area (Å²) in [5.74, 6) is 0.432. The normalized spacial score (nSPS) is 19.4. The van der Waals surface area contributed by atoms with Gasteiger partial charge in [-0.05, 0) is 42.3 Å². The first kappa shape index (κ1) is 19.9.